The maximum absolute atomic E-state index is 12.2. The molecule has 0 radical (unpaired) electrons. The predicted molar refractivity (Wildman–Crippen MR) is 103 cm³/mol. The molecule has 1 amide bonds. The molecule has 0 fully saturated rings. The Kier molecular flexibility index (Phi) is 7.49. The number of ether oxygens (including phenoxy) is 3. The topological polar surface area (TPSA) is 73.9 Å². The molecule has 27 heavy (non-hydrogen) atoms. The first-order valence-corrected chi connectivity index (χ1v) is 8.89. The van der Waals surface area contributed by atoms with E-state index in [-0.39, 0.29) is 6.61 Å². The number of halogens is 1. The Morgan fingerprint density at radius 3 is 2.48 bits per heavy atom. The highest BCUT2D eigenvalue weighted by atomic mass is 35.5. The van der Waals surface area contributed by atoms with Gasteiger partial charge >= 0.3 is 5.97 Å². The fraction of sp³-hybridized carbons (Fsp3) is 0.300. The van der Waals surface area contributed by atoms with Crippen molar-refractivity contribution >= 4 is 29.2 Å². The zero-order chi connectivity index (χ0) is 19.8. The van der Waals surface area contributed by atoms with Gasteiger partial charge in [0.1, 0.15) is 11.5 Å². The molecular weight excluding hydrogens is 370 g/mol. The average Bonchev–Trinajstić information content (AvgIpc) is 2.64. The molecular formula is C20H22ClNO5. The second-order valence-corrected chi connectivity index (χ2v) is 6.21. The molecule has 2 aromatic carbocycles. The zero-order valence-corrected chi connectivity index (χ0v) is 16.2. The summed E-state index contributed by atoms with van der Waals surface area (Å²) >= 11 is 6.01. The lowest BCUT2D eigenvalue weighted by molar-refractivity contribution is -0.155. The van der Waals surface area contributed by atoms with Crippen LogP contribution < -0.4 is 14.8 Å². The van der Waals surface area contributed by atoms with Crippen molar-refractivity contribution in [1.82, 2.24) is 0 Å². The molecule has 0 aliphatic rings. The van der Waals surface area contributed by atoms with Crippen molar-refractivity contribution in [2.45, 2.75) is 26.9 Å². The van der Waals surface area contributed by atoms with Crippen molar-refractivity contribution in [3.05, 3.63) is 53.1 Å². The van der Waals surface area contributed by atoms with Crippen LogP contribution in [0.15, 0.2) is 42.5 Å². The van der Waals surface area contributed by atoms with E-state index in [0.717, 1.165) is 5.56 Å². The quantitative estimate of drug-likeness (QED) is 0.688. The summed E-state index contributed by atoms with van der Waals surface area (Å²) in [5.74, 6) is -0.00921. The number of benzene rings is 2. The van der Waals surface area contributed by atoms with E-state index < -0.39 is 18.0 Å². The van der Waals surface area contributed by atoms with Gasteiger partial charge in [-0.1, -0.05) is 17.7 Å². The molecule has 0 aliphatic carbocycles. The molecule has 0 saturated heterocycles. The molecule has 7 heteroatoms. The highest BCUT2D eigenvalue weighted by Gasteiger charge is 2.18. The highest BCUT2D eigenvalue weighted by Crippen LogP contribution is 2.25. The number of rotatable bonds is 8. The second-order valence-electron chi connectivity index (χ2n) is 5.80. The Hall–Kier alpha value is -2.73. The number of aryl methyl sites for hydroxylation is 1. The number of esters is 1. The maximum atomic E-state index is 12.2. The lowest BCUT2D eigenvalue weighted by Gasteiger charge is -2.14. The number of hydrogen-bond acceptors (Lipinski definition) is 5. The summed E-state index contributed by atoms with van der Waals surface area (Å²) in [6.45, 7) is 5.48. The molecule has 144 valence electrons. The fourth-order valence-electron chi connectivity index (χ4n) is 2.19. The number of amides is 1. The van der Waals surface area contributed by atoms with Crippen molar-refractivity contribution in [2.75, 3.05) is 18.5 Å². The fourth-order valence-corrected chi connectivity index (χ4v) is 2.36. The van der Waals surface area contributed by atoms with Crippen LogP contribution in [0.4, 0.5) is 5.69 Å². The Bertz CT molecular complexity index is 791. The average molecular weight is 392 g/mol. The van der Waals surface area contributed by atoms with Gasteiger partial charge in [0.25, 0.3) is 5.91 Å². The van der Waals surface area contributed by atoms with Crippen molar-refractivity contribution in [3.63, 3.8) is 0 Å². The van der Waals surface area contributed by atoms with Crippen LogP contribution in [0.2, 0.25) is 5.02 Å². The van der Waals surface area contributed by atoms with Crippen molar-refractivity contribution in [1.29, 1.82) is 0 Å². The van der Waals surface area contributed by atoms with E-state index in [9.17, 15) is 9.59 Å². The van der Waals surface area contributed by atoms with Crippen LogP contribution in [0.5, 0.6) is 11.5 Å². The van der Waals surface area contributed by atoms with Gasteiger partial charge in [0.15, 0.2) is 12.7 Å². The van der Waals surface area contributed by atoms with E-state index in [1.807, 2.05) is 19.9 Å². The Labute approximate surface area is 163 Å². The largest absolute Gasteiger partial charge is 0.494 e. The van der Waals surface area contributed by atoms with E-state index in [0.29, 0.717) is 28.8 Å². The molecule has 0 aliphatic heterocycles. The van der Waals surface area contributed by atoms with Crippen molar-refractivity contribution < 1.29 is 23.8 Å². The summed E-state index contributed by atoms with van der Waals surface area (Å²) in [6.07, 6.45) is -0.972. The van der Waals surface area contributed by atoms with Crippen LogP contribution in [0, 0.1) is 6.92 Å². The molecule has 1 atom stereocenters. The van der Waals surface area contributed by atoms with E-state index in [1.54, 1.807) is 36.4 Å². The summed E-state index contributed by atoms with van der Waals surface area (Å²) in [5.41, 5.74) is 1.53. The molecule has 0 bridgehead atoms. The van der Waals surface area contributed by atoms with E-state index >= 15 is 0 Å². The minimum atomic E-state index is -0.972. The van der Waals surface area contributed by atoms with Gasteiger partial charge in [0.2, 0.25) is 0 Å². The SMILES string of the molecule is CCOc1ccc(NC(=O)[C@H](C)OC(=O)COc2cc(C)ccc2Cl)cc1. The maximum Gasteiger partial charge on any atom is 0.344 e. The van der Waals surface area contributed by atoms with Gasteiger partial charge in [-0.05, 0) is 62.7 Å². The third-order valence-corrected chi connectivity index (χ3v) is 3.85. The minimum Gasteiger partial charge on any atom is -0.494 e. The van der Waals surface area contributed by atoms with Crippen LogP contribution >= 0.6 is 11.6 Å². The summed E-state index contributed by atoms with van der Waals surface area (Å²) < 4.78 is 15.8. The first-order valence-electron chi connectivity index (χ1n) is 8.51. The lowest BCUT2D eigenvalue weighted by Crippen LogP contribution is -2.31. The third-order valence-electron chi connectivity index (χ3n) is 3.54. The number of anilines is 1. The molecule has 6 nitrogen and oxygen atoms in total. The molecule has 2 rings (SSSR count). The molecule has 0 unspecified atom stereocenters. The lowest BCUT2D eigenvalue weighted by atomic mass is 10.2. The summed E-state index contributed by atoms with van der Waals surface area (Å²) in [7, 11) is 0. The van der Waals surface area contributed by atoms with Crippen LogP contribution in [-0.2, 0) is 14.3 Å². The summed E-state index contributed by atoms with van der Waals surface area (Å²) in [5, 5.41) is 3.07. The molecule has 1 N–H and O–H groups in total. The third kappa shape index (κ3) is 6.49. The summed E-state index contributed by atoms with van der Waals surface area (Å²) in [6, 6.07) is 12.1. The van der Waals surface area contributed by atoms with Gasteiger partial charge in [0.05, 0.1) is 11.6 Å². The van der Waals surface area contributed by atoms with E-state index in [2.05, 4.69) is 5.32 Å². The summed E-state index contributed by atoms with van der Waals surface area (Å²) in [4.78, 5) is 24.1. The van der Waals surface area contributed by atoms with Gasteiger partial charge in [0, 0.05) is 5.69 Å². The van der Waals surface area contributed by atoms with Crippen molar-refractivity contribution in [3.8, 4) is 11.5 Å². The van der Waals surface area contributed by atoms with Crippen LogP contribution in [0.1, 0.15) is 19.4 Å². The zero-order valence-electron chi connectivity index (χ0n) is 15.5. The first-order chi connectivity index (χ1) is 12.9. The number of carbonyl (C=O) groups is 2. The van der Waals surface area contributed by atoms with E-state index in [1.165, 1.54) is 6.92 Å². The molecule has 0 aromatic heterocycles. The normalized spacial score (nSPS) is 11.4. The van der Waals surface area contributed by atoms with Gasteiger partial charge in [-0.15, -0.1) is 0 Å². The van der Waals surface area contributed by atoms with Gasteiger partial charge in [-0.2, -0.15) is 0 Å². The molecule has 2 aromatic rings. The Balaban J connectivity index is 1.82. The van der Waals surface area contributed by atoms with E-state index in [4.69, 9.17) is 25.8 Å². The first kappa shape index (κ1) is 20.6. The smallest absolute Gasteiger partial charge is 0.344 e. The van der Waals surface area contributed by atoms with Crippen molar-refractivity contribution in [2.24, 2.45) is 0 Å². The second kappa shape index (κ2) is 9.83. The van der Waals surface area contributed by atoms with Crippen LogP contribution in [-0.4, -0.2) is 31.2 Å². The molecule has 0 spiro atoms. The number of nitrogens with one attached hydrogen (secondary N) is 1. The minimum absolute atomic E-state index is 0.343. The highest BCUT2D eigenvalue weighted by molar-refractivity contribution is 6.32. The molecule has 0 heterocycles. The van der Waals surface area contributed by atoms with Crippen LogP contribution in [0.25, 0.3) is 0 Å². The number of hydrogen-bond donors (Lipinski definition) is 1. The predicted octanol–water partition coefficient (Wildman–Crippen LogP) is 4.00. The monoisotopic (exact) mass is 391 g/mol. The Morgan fingerprint density at radius 1 is 1.11 bits per heavy atom. The number of carbonyl (C=O) groups excluding carboxylic acids is 2. The van der Waals surface area contributed by atoms with Crippen LogP contribution in [0.3, 0.4) is 0 Å². The van der Waals surface area contributed by atoms with Gasteiger partial charge in [-0.3, -0.25) is 4.79 Å². The molecule has 0 saturated carbocycles. The van der Waals surface area contributed by atoms with Gasteiger partial charge in [-0.25, -0.2) is 4.79 Å². The Morgan fingerprint density at radius 2 is 1.81 bits per heavy atom. The standard InChI is InChI=1S/C20H22ClNO5/c1-4-25-16-8-6-15(7-9-16)22-20(24)14(3)27-19(23)12-26-18-11-13(2)5-10-17(18)21/h5-11,14H,4,12H2,1-3H3,(H,22,24)/t14-/m0/s1. The van der Waals surface area contributed by atoms with Gasteiger partial charge < -0.3 is 19.5 Å².